The van der Waals surface area contributed by atoms with E-state index in [9.17, 15) is 22.8 Å². The van der Waals surface area contributed by atoms with Gasteiger partial charge in [0.2, 0.25) is 5.91 Å². The van der Waals surface area contributed by atoms with Gasteiger partial charge in [0, 0.05) is 31.7 Å². The highest BCUT2D eigenvalue weighted by Crippen LogP contribution is 2.49. The predicted molar refractivity (Wildman–Crippen MR) is 90.1 cm³/mol. The summed E-state index contributed by atoms with van der Waals surface area (Å²) in [6.07, 6.45) is -2.59. The van der Waals surface area contributed by atoms with Gasteiger partial charge >= 0.3 is 12.1 Å². The third kappa shape index (κ3) is 4.80. The fourth-order valence-electron chi connectivity index (χ4n) is 3.65. The summed E-state index contributed by atoms with van der Waals surface area (Å²) in [5, 5.41) is 8.96. The molecular weight excluding hydrogens is 363 g/mol. The molecule has 0 bridgehead atoms. The first kappa shape index (κ1) is 19.7. The van der Waals surface area contributed by atoms with Gasteiger partial charge in [0.1, 0.15) is 0 Å². The molecule has 148 valence electrons. The Labute approximate surface area is 155 Å². The number of benzene rings is 1. The topological polar surface area (TPSA) is 66.8 Å². The van der Waals surface area contributed by atoms with E-state index in [4.69, 9.17) is 9.84 Å². The maximum absolute atomic E-state index is 12.9. The van der Waals surface area contributed by atoms with Gasteiger partial charge in [-0.2, -0.15) is 13.2 Å². The van der Waals surface area contributed by atoms with Gasteiger partial charge in [-0.05, 0) is 42.9 Å². The number of alkyl halides is 3. The number of hydrogen-bond donors (Lipinski definition) is 1. The van der Waals surface area contributed by atoms with Gasteiger partial charge in [-0.15, -0.1) is 0 Å². The molecule has 1 heterocycles. The fourth-order valence-corrected chi connectivity index (χ4v) is 3.65. The Morgan fingerprint density at radius 3 is 2.33 bits per heavy atom. The van der Waals surface area contributed by atoms with Crippen molar-refractivity contribution in [2.75, 3.05) is 19.8 Å². The van der Waals surface area contributed by atoms with Crippen LogP contribution in [0.25, 0.3) is 0 Å². The van der Waals surface area contributed by atoms with E-state index in [1.54, 1.807) is 4.90 Å². The first-order valence-electron chi connectivity index (χ1n) is 9.04. The second kappa shape index (κ2) is 7.88. The average Bonchev–Trinajstić information content (AvgIpc) is 3.42. The predicted octanol–water partition coefficient (Wildman–Crippen LogP) is 3.29. The molecule has 2 aliphatic rings. The van der Waals surface area contributed by atoms with Gasteiger partial charge in [0.25, 0.3) is 0 Å². The summed E-state index contributed by atoms with van der Waals surface area (Å²) in [6.45, 7) is 1.22. The summed E-state index contributed by atoms with van der Waals surface area (Å²) in [5.41, 5.74) is 0.00609. The van der Waals surface area contributed by atoms with Gasteiger partial charge in [0.15, 0.2) is 0 Å². The number of nitrogens with zero attached hydrogens (tertiary/aromatic N) is 1. The third-order valence-corrected chi connectivity index (χ3v) is 5.26. The lowest BCUT2D eigenvalue weighted by atomic mass is 10.0. The maximum atomic E-state index is 12.9. The number of carbonyl (C=O) groups excluding carboxylic acids is 1. The number of amides is 1. The molecule has 8 heteroatoms. The van der Waals surface area contributed by atoms with Crippen LogP contribution in [0.4, 0.5) is 13.2 Å². The molecule has 1 saturated carbocycles. The number of rotatable bonds is 6. The van der Waals surface area contributed by atoms with Gasteiger partial charge in [-0.1, -0.05) is 12.1 Å². The largest absolute Gasteiger partial charge is 0.481 e. The van der Waals surface area contributed by atoms with E-state index in [1.807, 2.05) is 0 Å². The number of carboxylic acids is 1. The quantitative estimate of drug-likeness (QED) is 0.816. The highest BCUT2D eigenvalue weighted by Gasteiger charge is 2.47. The van der Waals surface area contributed by atoms with Crippen LogP contribution < -0.4 is 0 Å². The summed E-state index contributed by atoms with van der Waals surface area (Å²) >= 11 is 0. The van der Waals surface area contributed by atoms with Gasteiger partial charge in [-0.3, -0.25) is 9.59 Å². The molecule has 0 unspecified atom stereocenters. The van der Waals surface area contributed by atoms with Crippen LogP contribution in [0.15, 0.2) is 24.3 Å². The van der Waals surface area contributed by atoms with Gasteiger partial charge in [-0.25, -0.2) is 0 Å². The summed E-state index contributed by atoms with van der Waals surface area (Å²) in [4.78, 5) is 25.5. The number of aliphatic carboxylic acids is 1. The third-order valence-electron chi connectivity index (χ3n) is 5.26. The lowest BCUT2D eigenvalue weighted by Gasteiger charge is -2.34. The van der Waals surface area contributed by atoms with Crippen LogP contribution in [0.2, 0.25) is 0 Å². The standard InChI is InChI=1S/C19H22F3NO4/c20-19(21,22)13-3-1-12(2-4-13)15-11-16(15)18(26)23(8-5-17(24)25)14-6-9-27-10-7-14/h1-4,14-16H,5-11H2,(H,24,25)/t15-,16+/m1/s1. The monoisotopic (exact) mass is 385 g/mol. The van der Waals surface area contributed by atoms with Crippen molar-refractivity contribution in [2.45, 2.75) is 43.8 Å². The highest BCUT2D eigenvalue weighted by molar-refractivity contribution is 5.83. The minimum atomic E-state index is -4.38. The van der Waals surface area contributed by atoms with Crippen LogP contribution in [-0.2, 0) is 20.5 Å². The number of ether oxygens (including phenoxy) is 1. The van der Waals surface area contributed by atoms with E-state index in [0.29, 0.717) is 38.0 Å². The van der Waals surface area contributed by atoms with E-state index >= 15 is 0 Å². The molecule has 0 radical (unpaired) electrons. The van der Waals surface area contributed by atoms with E-state index in [1.165, 1.54) is 12.1 Å². The molecule has 1 aliphatic heterocycles. The number of carboxylic acid groups (broad SMARTS) is 1. The smallest absolute Gasteiger partial charge is 0.416 e. The van der Waals surface area contributed by atoms with Crippen LogP contribution in [0.3, 0.4) is 0 Å². The molecule has 0 spiro atoms. The number of hydrogen-bond acceptors (Lipinski definition) is 3. The lowest BCUT2D eigenvalue weighted by Crippen LogP contribution is -2.45. The molecule has 0 aromatic heterocycles. The van der Waals surface area contributed by atoms with Crippen molar-refractivity contribution in [3.05, 3.63) is 35.4 Å². The summed E-state index contributed by atoms with van der Waals surface area (Å²) in [6, 6.07) is 4.89. The Bertz CT molecular complexity index is 683. The maximum Gasteiger partial charge on any atom is 0.416 e. The van der Waals surface area contributed by atoms with Gasteiger partial charge < -0.3 is 14.7 Å². The Morgan fingerprint density at radius 1 is 1.15 bits per heavy atom. The second-order valence-corrected chi connectivity index (χ2v) is 7.09. The zero-order valence-electron chi connectivity index (χ0n) is 14.7. The Kier molecular flexibility index (Phi) is 5.74. The molecule has 1 aliphatic carbocycles. The van der Waals surface area contributed by atoms with Crippen molar-refractivity contribution in [2.24, 2.45) is 5.92 Å². The van der Waals surface area contributed by atoms with Crippen LogP contribution in [0, 0.1) is 5.92 Å². The summed E-state index contributed by atoms with van der Waals surface area (Å²) in [5.74, 6) is -1.46. The van der Waals surface area contributed by atoms with E-state index in [2.05, 4.69) is 0 Å². The SMILES string of the molecule is O=C(O)CCN(C(=O)[C@H]1C[C@@H]1c1ccc(C(F)(F)F)cc1)C1CCOCC1. The van der Waals surface area contributed by atoms with Crippen molar-refractivity contribution >= 4 is 11.9 Å². The zero-order valence-corrected chi connectivity index (χ0v) is 14.7. The molecule has 1 amide bonds. The second-order valence-electron chi connectivity index (χ2n) is 7.09. The van der Waals surface area contributed by atoms with Crippen LogP contribution in [-0.4, -0.2) is 47.7 Å². The molecule has 1 saturated heterocycles. The zero-order chi connectivity index (χ0) is 19.6. The molecule has 5 nitrogen and oxygen atoms in total. The van der Waals surface area contributed by atoms with E-state index < -0.39 is 17.7 Å². The number of halogens is 3. The minimum Gasteiger partial charge on any atom is -0.481 e. The Hall–Kier alpha value is -2.09. The molecular formula is C19H22F3NO4. The molecule has 1 aromatic rings. The van der Waals surface area contributed by atoms with E-state index in [-0.39, 0.29) is 36.8 Å². The van der Waals surface area contributed by atoms with Crippen molar-refractivity contribution in [3.8, 4) is 0 Å². The van der Waals surface area contributed by atoms with Crippen LogP contribution in [0.1, 0.15) is 42.7 Å². The Morgan fingerprint density at radius 2 is 1.78 bits per heavy atom. The summed E-state index contributed by atoms with van der Waals surface area (Å²) < 4.78 is 43.4. The first-order chi connectivity index (χ1) is 12.8. The molecule has 2 fully saturated rings. The minimum absolute atomic E-state index is 0.0422. The molecule has 2 atom stereocenters. The highest BCUT2D eigenvalue weighted by atomic mass is 19.4. The normalized spacial score (nSPS) is 23.1. The molecule has 27 heavy (non-hydrogen) atoms. The van der Waals surface area contributed by atoms with Gasteiger partial charge in [0.05, 0.1) is 12.0 Å². The average molecular weight is 385 g/mol. The molecule has 1 aromatic carbocycles. The molecule has 3 rings (SSSR count). The van der Waals surface area contributed by atoms with Crippen molar-refractivity contribution < 1.29 is 32.6 Å². The van der Waals surface area contributed by atoms with Crippen molar-refractivity contribution in [3.63, 3.8) is 0 Å². The van der Waals surface area contributed by atoms with Crippen molar-refractivity contribution in [1.29, 1.82) is 0 Å². The Balaban J connectivity index is 1.67. The first-order valence-corrected chi connectivity index (χ1v) is 9.04. The van der Waals surface area contributed by atoms with Crippen LogP contribution >= 0.6 is 0 Å². The van der Waals surface area contributed by atoms with Crippen molar-refractivity contribution in [1.82, 2.24) is 4.90 Å². The number of carbonyl (C=O) groups is 2. The van der Waals surface area contributed by atoms with E-state index in [0.717, 1.165) is 12.1 Å². The fraction of sp³-hybridized carbons (Fsp3) is 0.579. The molecule has 1 N–H and O–H groups in total. The lowest BCUT2D eigenvalue weighted by molar-refractivity contribution is -0.141. The summed E-state index contributed by atoms with van der Waals surface area (Å²) in [7, 11) is 0. The van der Waals surface area contributed by atoms with Crippen LogP contribution in [0.5, 0.6) is 0 Å².